The third-order valence-electron chi connectivity index (χ3n) is 2.60. The van der Waals surface area contributed by atoms with Crippen molar-refractivity contribution in [2.45, 2.75) is 12.5 Å². The first-order valence-corrected chi connectivity index (χ1v) is 6.47. The number of thiophene rings is 1. The first-order valence-electron chi connectivity index (χ1n) is 5.53. The summed E-state index contributed by atoms with van der Waals surface area (Å²) in [6.07, 6.45) is 2.81. The van der Waals surface area contributed by atoms with Crippen LogP contribution in [0, 0.1) is 0 Å². The van der Waals surface area contributed by atoms with E-state index in [1.807, 2.05) is 16.8 Å². The molecule has 0 spiro atoms. The third kappa shape index (κ3) is 3.42. The summed E-state index contributed by atoms with van der Waals surface area (Å²) in [5, 5.41) is 17.0. The van der Waals surface area contributed by atoms with E-state index in [1.54, 1.807) is 11.3 Å². The first-order chi connectivity index (χ1) is 7.86. The van der Waals surface area contributed by atoms with Crippen LogP contribution in [0.15, 0.2) is 28.5 Å². The van der Waals surface area contributed by atoms with Gasteiger partial charge in [0.15, 0.2) is 0 Å². The summed E-state index contributed by atoms with van der Waals surface area (Å²) in [7, 11) is 0. The Morgan fingerprint density at radius 3 is 3.19 bits per heavy atom. The molecule has 0 amide bonds. The molecule has 1 atom stereocenters. The second-order valence-electron chi connectivity index (χ2n) is 3.91. The van der Waals surface area contributed by atoms with Crippen molar-refractivity contribution in [3.8, 4) is 0 Å². The molecule has 3 nitrogen and oxygen atoms in total. The molecule has 2 N–H and O–H groups in total. The molecule has 0 saturated carbocycles. The van der Waals surface area contributed by atoms with Crippen molar-refractivity contribution in [3.63, 3.8) is 0 Å². The van der Waals surface area contributed by atoms with Gasteiger partial charge in [-0.05, 0) is 34.4 Å². The highest BCUT2D eigenvalue weighted by atomic mass is 32.1. The lowest BCUT2D eigenvalue weighted by atomic mass is 10.1. The van der Waals surface area contributed by atoms with Gasteiger partial charge in [-0.15, -0.1) is 0 Å². The zero-order valence-corrected chi connectivity index (χ0v) is 10.0. The van der Waals surface area contributed by atoms with Gasteiger partial charge in [0.1, 0.15) is 0 Å². The van der Waals surface area contributed by atoms with Crippen LogP contribution in [0.2, 0.25) is 0 Å². The fraction of sp³-hybridized carbons (Fsp3) is 0.500. The van der Waals surface area contributed by atoms with E-state index in [1.165, 1.54) is 5.57 Å². The van der Waals surface area contributed by atoms with Gasteiger partial charge in [-0.1, -0.05) is 6.08 Å². The average Bonchev–Trinajstić information content (AvgIpc) is 2.84. The van der Waals surface area contributed by atoms with E-state index < -0.39 is 6.10 Å². The van der Waals surface area contributed by atoms with Crippen LogP contribution in [0.1, 0.15) is 18.1 Å². The molecule has 2 rings (SSSR count). The van der Waals surface area contributed by atoms with Gasteiger partial charge in [0, 0.05) is 13.1 Å². The van der Waals surface area contributed by atoms with E-state index in [-0.39, 0.29) is 0 Å². The van der Waals surface area contributed by atoms with E-state index >= 15 is 0 Å². The van der Waals surface area contributed by atoms with Gasteiger partial charge in [-0.2, -0.15) is 11.3 Å². The van der Waals surface area contributed by atoms with Crippen molar-refractivity contribution in [1.82, 2.24) is 5.32 Å². The second kappa shape index (κ2) is 6.15. The molecule has 1 aromatic heterocycles. The summed E-state index contributed by atoms with van der Waals surface area (Å²) in [6, 6.07) is 1.96. The Balaban J connectivity index is 1.69. The molecule has 0 aromatic carbocycles. The largest absolute Gasteiger partial charge is 0.387 e. The average molecular weight is 239 g/mol. The van der Waals surface area contributed by atoms with E-state index in [9.17, 15) is 5.11 Å². The van der Waals surface area contributed by atoms with Crippen molar-refractivity contribution >= 4 is 11.3 Å². The lowest BCUT2D eigenvalue weighted by Crippen LogP contribution is -2.25. The number of aliphatic hydroxyl groups excluding tert-OH is 1. The maximum absolute atomic E-state index is 9.83. The predicted octanol–water partition coefficient (Wildman–Crippen LogP) is 1.72. The molecule has 88 valence electrons. The fourth-order valence-electron chi connectivity index (χ4n) is 1.68. The Hall–Kier alpha value is -0.680. The van der Waals surface area contributed by atoms with Crippen LogP contribution in [0.5, 0.6) is 0 Å². The number of hydrogen-bond donors (Lipinski definition) is 2. The molecule has 1 aromatic rings. The molecule has 1 aliphatic rings. The van der Waals surface area contributed by atoms with Gasteiger partial charge in [-0.25, -0.2) is 0 Å². The molecule has 0 saturated heterocycles. The van der Waals surface area contributed by atoms with Crippen LogP contribution >= 0.6 is 11.3 Å². The Morgan fingerprint density at radius 1 is 1.56 bits per heavy atom. The van der Waals surface area contributed by atoms with Crippen molar-refractivity contribution < 1.29 is 9.84 Å². The summed E-state index contributed by atoms with van der Waals surface area (Å²) >= 11 is 1.61. The Kier molecular flexibility index (Phi) is 4.54. The Bertz CT molecular complexity index is 335. The standard InChI is InChI=1S/C12H17NO2S/c14-12(11-3-5-16-9-11)7-13-6-10-2-1-4-15-8-10/h2-3,5,9,12-14H,1,4,6-8H2. The minimum absolute atomic E-state index is 0.406. The van der Waals surface area contributed by atoms with Crippen LogP contribution in [-0.4, -0.2) is 31.4 Å². The van der Waals surface area contributed by atoms with E-state index in [2.05, 4.69) is 11.4 Å². The van der Waals surface area contributed by atoms with E-state index in [0.717, 1.165) is 31.7 Å². The lowest BCUT2D eigenvalue weighted by molar-refractivity contribution is 0.146. The monoisotopic (exact) mass is 239 g/mol. The topological polar surface area (TPSA) is 41.5 Å². The molecular weight excluding hydrogens is 222 g/mol. The molecule has 0 fully saturated rings. The van der Waals surface area contributed by atoms with Gasteiger partial charge < -0.3 is 15.2 Å². The highest BCUT2D eigenvalue weighted by molar-refractivity contribution is 7.07. The number of ether oxygens (including phenoxy) is 1. The smallest absolute Gasteiger partial charge is 0.0922 e. The SMILES string of the molecule is OC(CNCC1=CCCOC1)c1ccsc1. The molecule has 1 aliphatic heterocycles. The molecular formula is C12H17NO2S. The number of nitrogens with one attached hydrogen (secondary N) is 1. The highest BCUT2D eigenvalue weighted by Gasteiger charge is 2.08. The Morgan fingerprint density at radius 2 is 2.50 bits per heavy atom. The van der Waals surface area contributed by atoms with Gasteiger partial charge in [0.05, 0.1) is 19.3 Å². The Labute approximate surface area is 99.8 Å². The summed E-state index contributed by atoms with van der Waals surface area (Å²) < 4.78 is 5.34. The molecule has 0 radical (unpaired) electrons. The van der Waals surface area contributed by atoms with E-state index in [0.29, 0.717) is 6.54 Å². The number of hydrogen-bond acceptors (Lipinski definition) is 4. The van der Waals surface area contributed by atoms with Gasteiger partial charge in [-0.3, -0.25) is 0 Å². The number of rotatable bonds is 5. The number of aliphatic hydroxyl groups is 1. The summed E-state index contributed by atoms with van der Waals surface area (Å²) in [5.41, 5.74) is 2.27. The van der Waals surface area contributed by atoms with Crippen LogP contribution in [0.25, 0.3) is 0 Å². The van der Waals surface area contributed by atoms with Gasteiger partial charge in [0.25, 0.3) is 0 Å². The molecule has 16 heavy (non-hydrogen) atoms. The highest BCUT2D eigenvalue weighted by Crippen LogP contribution is 2.15. The molecule has 4 heteroatoms. The lowest BCUT2D eigenvalue weighted by Gasteiger charge is -2.15. The van der Waals surface area contributed by atoms with Crippen LogP contribution in [0.3, 0.4) is 0 Å². The summed E-state index contributed by atoms with van der Waals surface area (Å²) in [6.45, 7) is 2.96. The van der Waals surface area contributed by atoms with Crippen LogP contribution in [-0.2, 0) is 4.74 Å². The molecule has 1 unspecified atom stereocenters. The van der Waals surface area contributed by atoms with Crippen LogP contribution < -0.4 is 5.32 Å². The van der Waals surface area contributed by atoms with Crippen molar-refractivity contribution in [2.75, 3.05) is 26.3 Å². The van der Waals surface area contributed by atoms with Crippen molar-refractivity contribution in [1.29, 1.82) is 0 Å². The zero-order valence-electron chi connectivity index (χ0n) is 9.19. The maximum atomic E-state index is 9.83. The normalized spacial score (nSPS) is 18.2. The molecule has 0 aliphatic carbocycles. The van der Waals surface area contributed by atoms with Gasteiger partial charge >= 0.3 is 0 Å². The summed E-state index contributed by atoms with van der Waals surface area (Å²) in [5.74, 6) is 0. The van der Waals surface area contributed by atoms with Crippen molar-refractivity contribution in [2.24, 2.45) is 0 Å². The van der Waals surface area contributed by atoms with Crippen LogP contribution in [0.4, 0.5) is 0 Å². The first kappa shape index (κ1) is 11.8. The third-order valence-corrected chi connectivity index (χ3v) is 3.30. The molecule has 2 heterocycles. The summed E-state index contributed by atoms with van der Waals surface area (Å²) in [4.78, 5) is 0. The fourth-order valence-corrected chi connectivity index (χ4v) is 2.39. The minimum Gasteiger partial charge on any atom is -0.387 e. The quantitative estimate of drug-likeness (QED) is 0.769. The van der Waals surface area contributed by atoms with E-state index in [4.69, 9.17) is 4.74 Å². The second-order valence-corrected chi connectivity index (χ2v) is 4.69. The zero-order chi connectivity index (χ0) is 11.2. The van der Waals surface area contributed by atoms with Gasteiger partial charge in [0.2, 0.25) is 0 Å². The minimum atomic E-state index is -0.406. The predicted molar refractivity (Wildman–Crippen MR) is 65.7 cm³/mol. The molecule has 0 bridgehead atoms. The van der Waals surface area contributed by atoms with Crippen molar-refractivity contribution in [3.05, 3.63) is 34.0 Å². The maximum Gasteiger partial charge on any atom is 0.0922 e.